The molecule has 7 nitrogen and oxygen atoms in total. The van der Waals surface area contributed by atoms with Crippen molar-refractivity contribution in [1.82, 2.24) is 0 Å². The van der Waals surface area contributed by atoms with Crippen molar-refractivity contribution in [2.75, 3.05) is 7.11 Å². The van der Waals surface area contributed by atoms with E-state index in [9.17, 15) is 14.7 Å². The van der Waals surface area contributed by atoms with Crippen LogP contribution in [0.3, 0.4) is 0 Å². The van der Waals surface area contributed by atoms with Gasteiger partial charge in [0.2, 0.25) is 17.1 Å². The van der Waals surface area contributed by atoms with Crippen LogP contribution in [0.4, 0.5) is 0 Å². The van der Waals surface area contributed by atoms with Gasteiger partial charge in [-0.1, -0.05) is 30.3 Å². The van der Waals surface area contributed by atoms with Crippen LogP contribution in [0.5, 0.6) is 5.75 Å². The number of carbonyl (C=O) groups is 1. The van der Waals surface area contributed by atoms with Gasteiger partial charge in [-0.2, -0.15) is 0 Å². The first-order chi connectivity index (χ1) is 11.6. The van der Waals surface area contributed by atoms with Crippen LogP contribution in [0.25, 0.3) is 0 Å². The van der Waals surface area contributed by atoms with Crippen molar-refractivity contribution in [3.8, 4) is 5.75 Å². The second-order valence-corrected chi connectivity index (χ2v) is 5.28. The van der Waals surface area contributed by atoms with Gasteiger partial charge in [0.15, 0.2) is 5.76 Å². The lowest BCUT2D eigenvalue weighted by atomic mass is 9.81. The lowest BCUT2D eigenvalue weighted by Crippen LogP contribution is -2.39. The Kier molecular flexibility index (Phi) is 4.18. The average Bonchev–Trinajstić information content (AvgIpc) is 2.61. The summed E-state index contributed by atoms with van der Waals surface area (Å²) in [5.41, 5.74) is 0.148. The molecule has 124 valence electrons. The molecule has 2 aromatic rings. The van der Waals surface area contributed by atoms with E-state index in [0.29, 0.717) is 5.56 Å². The molecule has 0 saturated heterocycles. The molecule has 0 radical (unpaired) electrons. The van der Waals surface area contributed by atoms with Gasteiger partial charge in [0.05, 0.1) is 13.0 Å². The zero-order chi connectivity index (χ0) is 17.3. The Balaban J connectivity index is 2.27. The molecule has 0 saturated carbocycles. The van der Waals surface area contributed by atoms with Gasteiger partial charge in [0, 0.05) is 6.07 Å². The van der Waals surface area contributed by atoms with Crippen LogP contribution in [0, 0.1) is 11.3 Å². The fourth-order valence-electron chi connectivity index (χ4n) is 2.78. The maximum Gasteiger partial charge on any atom is 0.319 e. The monoisotopic (exact) mass is 329 g/mol. The lowest BCUT2D eigenvalue weighted by Gasteiger charge is -2.30. The molecule has 2 atom stereocenters. The predicted octanol–water partition coefficient (Wildman–Crippen LogP) is 1.42. The predicted molar refractivity (Wildman–Crippen MR) is 83.0 cm³/mol. The molecule has 1 aliphatic rings. The zero-order valence-electron chi connectivity index (χ0n) is 12.8. The van der Waals surface area contributed by atoms with E-state index in [0.717, 1.165) is 6.07 Å². The van der Waals surface area contributed by atoms with Gasteiger partial charge in [-0.3, -0.25) is 15.0 Å². The number of rotatable bonds is 3. The Bertz CT molecular complexity index is 842. The van der Waals surface area contributed by atoms with Gasteiger partial charge < -0.3 is 19.0 Å². The number of fused-ring (bicyclic) bond motifs is 1. The summed E-state index contributed by atoms with van der Waals surface area (Å²) in [5, 5.41) is 17.3. The molecule has 3 rings (SSSR count). The molecule has 7 heteroatoms. The highest BCUT2D eigenvalue weighted by Crippen LogP contribution is 2.41. The molecule has 2 unspecified atom stereocenters. The van der Waals surface area contributed by atoms with Crippen LogP contribution < -0.4 is 10.2 Å². The highest BCUT2D eigenvalue weighted by molar-refractivity contribution is 6.00. The van der Waals surface area contributed by atoms with Crippen molar-refractivity contribution in [2.24, 2.45) is 5.92 Å². The Labute approximate surface area is 137 Å². The minimum Gasteiger partial charge on any atom is -0.468 e. The van der Waals surface area contributed by atoms with Crippen LogP contribution in [-0.4, -0.2) is 24.1 Å². The van der Waals surface area contributed by atoms with Crippen molar-refractivity contribution in [2.45, 2.75) is 12.5 Å². The van der Waals surface area contributed by atoms with Gasteiger partial charge in [-0.05, 0) is 5.56 Å². The molecule has 2 heterocycles. The normalized spacial score (nSPS) is 19.3. The molecule has 0 amide bonds. The first kappa shape index (κ1) is 15.9. The van der Waals surface area contributed by atoms with E-state index in [-0.39, 0.29) is 23.2 Å². The number of benzene rings is 1. The van der Waals surface area contributed by atoms with E-state index in [1.54, 1.807) is 24.3 Å². The second kappa shape index (κ2) is 6.29. The minimum absolute atomic E-state index is 0.0559. The summed E-state index contributed by atoms with van der Waals surface area (Å²) >= 11 is 0. The van der Waals surface area contributed by atoms with E-state index >= 15 is 0 Å². The number of esters is 1. The molecule has 2 N–H and O–H groups in total. The Morgan fingerprint density at radius 3 is 2.67 bits per heavy atom. The summed E-state index contributed by atoms with van der Waals surface area (Å²) in [6, 6.07) is 9.98. The number of nitrogens with one attached hydrogen (secondary N) is 1. The average molecular weight is 329 g/mol. The number of hydrogen-bond acceptors (Lipinski definition) is 7. The maximum atomic E-state index is 12.2. The fraction of sp³-hybridized carbons (Fsp3) is 0.235. The lowest BCUT2D eigenvalue weighted by molar-refractivity contribution is -0.144. The van der Waals surface area contributed by atoms with E-state index < -0.39 is 29.8 Å². The number of carbonyl (C=O) groups excluding carboxylic acids is 1. The van der Waals surface area contributed by atoms with Crippen LogP contribution in [-0.2, 0) is 16.1 Å². The molecular weight excluding hydrogens is 314 g/mol. The van der Waals surface area contributed by atoms with Crippen molar-refractivity contribution >= 4 is 11.9 Å². The summed E-state index contributed by atoms with van der Waals surface area (Å²) < 4.78 is 15.6. The van der Waals surface area contributed by atoms with E-state index in [2.05, 4.69) is 0 Å². The van der Waals surface area contributed by atoms with Crippen LogP contribution in [0.15, 0.2) is 45.6 Å². The van der Waals surface area contributed by atoms with Crippen molar-refractivity contribution < 1.29 is 23.8 Å². The third-order valence-corrected chi connectivity index (χ3v) is 3.86. The molecule has 0 spiro atoms. The molecule has 1 aromatic heterocycles. The van der Waals surface area contributed by atoms with Gasteiger partial charge in [0.25, 0.3) is 0 Å². The van der Waals surface area contributed by atoms with E-state index in [4.69, 9.17) is 19.3 Å². The number of aliphatic hydroxyl groups excluding tert-OH is 1. The smallest absolute Gasteiger partial charge is 0.319 e. The Morgan fingerprint density at radius 1 is 1.33 bits per heavy atom. The van der Waals surface area contributed by atoms with Crippen molar-refractivity contribution in [3.63, 3.8) is 0 Å². The van der Waals surface area contributed by atoms with E-state index in [1.807, 2.05) is 6.07 Å². The second-order valence-electron chi connectivity index (χ2n) is 5.28. The minimum atomic E-state index is -1.08. The largest absolute Gasteiger partial charge is 0.468 e. The molecule has 0 fully saturated rings. The molecule has 1 aromatic carbocycles. The highest BCUT2D eigenvalue weighted by Gasteiger charge is 2.45. The van der Waals surface area contributed by atoms with E-state index in [1.165, 1.54) is 7.11 Å². The summed E-state index contributed by atoms with van der Waals surface area (Å²) in [7, 11) is 1.22. The number of hydrogen-bond donors (Lipinski definition) is 2. The summed E-state index contributed by atoms with van der Waals surface area (Å²) in [6.45, 7) is -0.468. The van der Waals surface area contributed by atoms with Gasteiger partial charge in [-0.15, -0.1) is 0 Å². The third kappa shape index (κ3) is 2.59. The zero-order valence-corrected chi connectivity index (χ0v) is 12.8. The summed E-state index contributed by atoms with van der Waals surface area (Å²) in [5.74, 6) is -2.88. The van der Waals surface area contributed by atoms with Gasteiger partial charge in [0.1, 0.15) is 18.3 Å². The fourth-order valence-corrected chi connectivity index (χ4v) is 2.78. The molecule has 24 heavy (non-hydrogen) atoms. The Hall–Kier alpha value is -2.93. The summed E-state index contributed by atoms with van der Waals surface area (Å²) in [6.07, 6.45) is 0. The van der Waals surface area contributed by atoms with Crippen LogP contribution in [0.1, 0.15) is 23.0 Å². The number of aliphatic hydroxyl groups is 1. The Morgan fingerprint density at radius 2 is 2.04 bits per heavy atom. The topological polar surface area (TPSA) is 110 Å². The first-order valence-corrected chi connectivity index (χ1v) is 7.23. The van der Waals surface area contributed by atoms with Crippen LogP contribution in [0.2, 0.25) is 0 Å². The quantitative estimate of drug-likeness (QED) is 0.824. The van der Waals surface area contributed by atoms with Crippen molar-refractivity contribution in [3.05, 3.63) is 63.7 Å². The third-order valence-electron chi connectivity index (χ3n) is 3.86. The molecule has 0 bridgehead atoms. The standard InChI is InChI=1S/C17H15NO6/c1-22-17(21)13-12(9-5-3-2-4-6-9)15-14(24-16(13)18)11(20)7-10(8-19)23-15/h2-7,12-13,18-19H,8H2,1H3. The number of ether oxygens (including phenoxy) is 2. The molecule has 0 aliphatic carbocycles. The molecular formula is C17H15NO6. The van der Waals surface area contributed by atoms with Gasteiger partial charge in [-0.25, -0.2) is 0 Å². The molecule has 1 aliphatic heterocycles. The highest BCUT2D eigenvalue weighted by atomic mass is 16.5. The number of methoxy groups -OCH3 is 1. The van der Waals surface area contributed by atoms with Gasteiger partial charge >= 0.3 is 5.97 Å². The maximum absolute atomic E-state index is 12.2. The SMILES string of the molecule is COC(=O)C1C(=N)Oc2c(oc(CO)cc2=O)C1c1ccccc1. The van der Waals surface area contributed by atoms with Crippen LogP contribution >= 0.6 is 0 Å². The first-order valence-electron chi connectivity index (χ1n) is 7.23. The summed E-state index contributed by atoms with van der Waals surface area (Å²) in [4.78, 5) is 24.4. The van der Waals surface area contributed by atoms with Crippen molar-refractivity contribution in [1.29, 1.82) is 5.41 Å².